The highest BCUT2D eigenvalue weighted by molar-refractivity contribution is 6.31. The molecular weight excluding hydrogens is 435 g/mol. The monoisotopic (exact) mass is 451 g/mol. The number of benzene rings is 1. The van der Waals surface area contributed by atoms with Crippen molar-refractivity contribution < 1.29 is 18.0 Å². The zero-order valence-corrected chi connectivity index (χ0v) is 17.0. The molecule has 1 aromatic heterocycles. The van der Waals surface area contributed by atoms with Crippen LogP contribution in [0.15, 0.2) is 29.3 Å². The Morgan fingerprint density at radius 1 is 1.35 bits per heavy atom. The minimum Gasteiger partial charge on any atom is -0.379 e. The standard InChI is InChI=1S/C20H17ClF3N5O2/c1-28-18(31)27-15-8-12(10-29-7-6-26-16(25)17(29)30)14(21)9-13(15)19(28,20(22,23)24)5-4-11-2-3-11/h6-9,11H,2-3,10H2,1H3,(H2,25,26)(H,27,31)/t19-/m1/s1. The molecule has 0 spiro atoms. The number of rotatable bonds is 2. The molecule has 1 aromatic carbocycles. The van der Waals surface area contributed by atoms with Gasteiger partial charge in [0.1, 0.15) is 0 Å². The summed E-state index contributed by atoms with van der Waals surface area (Å²) in [5.41, 5.74) is 2.09. The lowest BCUT2D eigenvalue weighted by Crippen LogP contribution is -2.59. The number of nitrogens with zero attached hydrogens (tertiary/aromatic N) is 3. The van der Waals surface area contributed by atoms with Gasteiger partial charge >= 0.3 is 12.2 Å². The highest BCUT2D eigenvalue weighted by Gasteiger charge is 2.62. The van der Waals surface area contributed by atoms with E-state index in [4.69, 9.17) is 17.3 Å². The van der Waals surface area contributed by atoms with Crippen molar-refractivity contribution in [3.05, 3.63) is 51.0 Å². The zero-order chi connectivity index (χ0) is 22.6. The lowest BCUT2D eigenvalue weighted by Gasteiger charge is -2.43. The summed E-state index contributed by atoms with van der Waals surface area (Å²) in [6.07, 6.45) is -0.720. The summed E-state index contributed by atoms with van der Waals surface area (Å²) in [7, 11) is 1.05. The van der Waals surface area contributed by atoms with E-state index in [0.29, 0.717) is 10.5 Å². The summed E-state index contributed by atoms with van der Waals surface area (Å²) in [5.74, 6) is 4.65. The number of amides is 2. The number of nitrogens with two attached hydrogens (primary N) is 1. The Labute approximate surface area is 180 Å². The van der Waals surface area contributed by atoms with E-state index < -0.39 is 23.3 Å². The molecule has 4 rings (SSSR count). The quantitative estimate of drug-likeness (QED) is 0.686. The van der Waals surface area contributed by atoms with Crippen LogP contribution in [0.5, 0.6) is 0 Å². The maximum atomic E-state index is 14.4. The Hall–Kier alpha value is -3.19. The Morgan fingerprint density at radius 3 is 2.71 bits per heavy atom. The first kappa shape index (κ1) is 21.1. The largest absolute Gasteiger partial charge is 0.427 e. The fourth-order valence-corrected chi connectivity index (χ4v) is 3.67. The molecule has 1 saturated carbocycles. The molecule has 1 aliphatic carbocycles. The minimum atomic E-state index is -4.88. The third kappa shape index (κ3) is 3.49. The molecule has 2 amide bonds. The molecule has 1 atom stereocenters. The third-order valence-corrected chi connectivity index (χ3v) is 5.70. The van der Waals surface area contributed by atoms with E-state index in [-0.39, 0.29) is 34.6 Å². The predicted molar refractivity (Wildman–Crippen MR) is 108 cm³/mol. The van der Waals surface area contributed by atoms with Gasteiger partial charge in [0.15, 0.2) is 5.82 Å². The van der Waals surface area contributed by atoms with Crippen molar-refractivity contribution in [2.45, 2.75) is 31.1 Å². The van der Waals surface area contributed by atoms with Crippen molar-refractivity contribution in [3.63, 3.8) is 0 Å². The smallest absolute Gasteiger partial charge is 0.379 e. The molecule has 1 fully saturated rings. The Morgan fingerprint density at radius 2 is 2.06 bits per heavy atom. The van der Waals surface area contributed by atoms with Gasteiger partial charge in [-0.3, -0.25) is 9.69 Å². The second kappa shape index (κ2) is 7.20. The molecule has 0 radical (unpaired) electrons. The SMILES string of the molecule is CN1C(=O)Nc2cc(Cn3ccnc(N)c3=O)c(Cl)cc2[C@]1(C#CC1CC1)C(F)(F)F. The molecule has 2 aliphatic rings. The summed E-state index contributed by atoms with van der Waals surface area (Å²) in [4.78, 5) is 28.9. The highest BCUT2D eigenvalue weighted by Crippen LogP contribution is 2.49. The number of carbonyl (C=O) groups excluding carboxylic acids is 1. The number of nitrogens with one attached hydrogen (secondary N) is 1. The lowest BCUT2D eigenvalue weighted by molar-refractivity contribution is -0.203. The molecular formula is C20H17ClF3N5O2. The van der Waals surface area contributed by atoms with Crippen molar-refractivity contribution in [1.82, 2.24) is 14.5 Å². The maximum Gasteiger partial charge on any atom is 0.427 e. The topological polar surface area (TPSA) is 93.2 Å². The first-order valence-corrected chi connectivity index (χ1v) is 9.70. The van der Waals surface area contributed by atoms with Crippen molar-refractivity contribution >= 4 is 29.1 Å². The summed E-state index contributed by atoms with van der Waals surface area (Å²) < 4.78 is 44.5. The lowest BCUT2D eigenvalue weighted by atomic mass is 9.84. The van der Waals surface area contributed by atoms with Gasteiger partial charge in [0, 0.05) is 41.6 Å². The van der Waals surface area contributed by atoms with Crippen LogP contribution in [0, 0.1) is 17.8 Å². The number of nitrogen functional groups attached to an aromatic ring is 1. The number of urea groups is 1. The van der Waals surface area contributed by atoms with Gasteiger partial charge in [0.25, 0.3) is 5.56 Å². The van der Waals surface area contributed by atoms with Crippen LogP contribution in [0.4, 0.5) is 29.5 Å². The number of alkyl halides is 3. The molecule has 2 heterocycles. The van der Waals surface area contributed by atoms with Crippen LogP contribution in [0.1, 0.15) is 24.0 Å². The average molecular weight is 452 g/mol. The van der Waals surface area contributed by atoms with Gasteiger partial charge in [-0.1, -0.05) is 23.4 Å². The third-order valence-electron chi connectivity index (χ3n) is 5.35. The van der Waals surface area contributed by atoms with Gasteiger partial charge in [0.2, 0.25) is 5.54 Å². The number of aromatic nitrogens is 2. The van der Waals surface area contributed by atoms with Crippen molar-refractivity contribution in [1.29, 1.82) is 0 Å². The van der Waals surface area contributed by atoms with Crippen molar-refractivity contribution in [2.24, 2.45) is 5.92 Å². The molecule has 2 aromatic rings. The van der Waals surface area contributed by atoms with Crippen LogP contribution in [-0.2, 0) is 12.1 Å². The molecule has 162 valence electrons. The van der Waals surface area contributed by atoms with E-state index in [1.54, 1.807) is 0 Å². The second-order valence-electron chi connectivity index (χ2n) is 7.48. The second-order valence-corrected chi connectivity index (χ2v) is 7.88. The van der Waals surface area contributed by atoms with E-state index in [2.05, 4.69) is 22.1 Å². The van der Waals surface area contributed by atoms with Gasteiger partial charge in [-0.25, -0.2) is 9.78 Å². The highest BCUT2D eigenvalue weighted by atomic mass is 35.5. The molecule has 11 heteroatoms. The van der Waals surface area contributed by atoms with Gasteiger partial charge in [-0.2, -0.15) is 13.2 Å². The molecule has 7 nitrogen and oxygen atoms in total. The van der Waals surface area contributed by atoms with E-state index >= 15 is 0 Å². The fourth-order valence-electron chi connectivity index (χ4n) is 3.45. The molecule has 0 unspecified atom stereocenters. The molecule has 0 saturated heterocycles. The van der Waals surface area contributed by atoms with Crippen LogP contribution in [0.25, 0.3) is 0 Å². The Kier molecular flexibility index (Phi) is 4.89. The average Bonchev–Trinajstić information content (AvgIpc) is 3.51. The maximum absolute atomic E-state index is 14.4. The summed E-state index contributed by atoms with van der Waals surface area (Å²) in [5, 5.41) is 2.45. The van der Waals surface area contributed by atoms with E-state index in [9.17, 15) is 22.8 Å². The first-order chi connectivity index (χ1) is 14.5. The molecule has 31 heavy (non-hydrogen) atoms. The number of hydrogen-bond donors (Lipinski definition) is 2. The van der Waals surface area contributed by atoms with Crippen molar-refractivity contribution in [2.75, 3.05) is 18.1 Å². The van der Waals surface area contributed by atoms with E-state index in [1.165, 1.54) is 23.0 Å². The number of halogens is 4. The minimum absolute atomic E-state index is 0.00701. The molecule has 1 aliphatic heterocycles. The molecule has 3 N–H and O–H groups in total. The van der Waals surface area contributed by atoms with Crippen LogP contribution in [-0.4, -0.2) is 33.7 Å². The van der Waals surface area contributed by atoms with Gasteiger partial charge in [-0.15, -0.1) is 0 Å². The van der Waals surface area contributed by atoms with Crippen molar-refractivity contribution in [3.8, 4) is 11.8 Å². The summed E-state index contributed by atoms with van der Waals surface area (Å²) >= 11 is 6.33. The Bertz CT molecular complexity index is 1200. The molecule has 0 bridgehead atoms. The van der Waals surface area contributed by atoms with Crippen LogP contribution < -0.4 is 16.6 Å². The van der Waals surface area contributed by atoms with Crippen LogP contribution in [0.3, 0.4) is 0 Å². The fraction of sp³-hybridized carbons (Fsp3) is 0.350. The summed E-state index contributed by atoms with van der Waals surface area (Å²) in [6, 6.07) is 1.52. The van der Waals surface area contributed by atoms with Crippen LogP contribution in [0.2, 0.25) is 5.02 Å². The predicted octanol–water partition coefficient (Wildman–Crippen LogP) is 3.18. The first-order valence-electron chi connectivity index (χ1n) is 9.32. The number of anilines is 2. The van der Waals surface area contributed by atoms with Gasteiger partial charge < -0.3 is 15.6 Å². The number of carbonyl (C=O) groups is 1. The normalized spacial score (nSPS) is 20.5. The zero-order valence-electron chi connectivity index (χ0n) is 16.3. The van der Waals surface area contributed by atoms with E-state index in [1.807, 2.05) is 0 Å². The number of hydrogen-bond acceptors (Lipinski definition) is 4. The van der Waals surface area contributed by atoms with Gasteiger partial charge in [0.05, 0.1) is 6.54 Å². The summed E-state index contributed by atoms with van der Waals surface area (Å²) in [6.45, 7) is -0.0733. The number of fused-ring (bicyclic) bond motifs is 1. The Balaban J connectivity index is 1.88. The van der Waals surface area contributed by atoms with E-state index in [0.717, 1.165) is 26.0 Å². The van der Waals surface area contributed by atoms with Crippen LogP contribution >= 0.6 is 11.6 Å². The van der Waals surface area contributed by atoms with Gasteiger partial charge in [-0.05, 0) is 30.5 Å².